The number of ether oxygens (including phenoxy) is 3. The van der Waals surface area contributed by atoms with E-state index in [0.717, 1.165) is 0 Å². The summed E-state index contributed by atoms with van der Waals surface area (Å²) in [6, 6.07) is 10.3. The van der Waals surface area contributed by atoms with E-state index in [2.05, 4.69) is 0 Å². The van der Waals surface area contributed by atoms with Gasteiger partial charge in [-0.25, -0.2) is 13.1 Å². The molecule has 0 unspecified atom stereocenters. The molecule has 0 fully saturated rings. The Balaban J connectivity index is 2.31. The van der Waals surface area contributed by atoms with Crippen molar-refractivity contribution >= 4 is 15.9 Å². The van der Waals surface area contributed by atoms with Crippen molar-refractivity contribution < 1.29 is 27.4 Å². The van der Waals surface area contributed by atoms with Crippen LogP contribution in [0, 0.1) is 0 Å². The van der Waals surface area contributed by atoms with E-state index in [1.165, 1.54) is 45.6 Å². The topological polar surface area (TPSA) is 90.9 Å². The highest BCUT2D eigenvalue weighted by Crippen LogP contribution is 2.28. The Labute approximate surface area is 140 Å². The number of rotatable bonds is 6. The quantitative estimate of drug-likeness (QED) is 0.854. The number of hydrogen-bond acceptors (Lipinski definition) is 6. The van der Waals surface area contributed by atoms with Crippen LogP contribution in [0.4, 0.5) is 0 Å². The van der Waals surface area contributed by atoms with Gasteiger partial charge in [-0.15, -0.1) is 0 Å². The molecule has 2 aromatic carbocycles. The molecule has 24 heavy (non-hydrogen) atoms. The maximum Gasteiger partial charge on any atom is 0.268 e. The van der Waals surface area contributed by atoms with Crippen molar-refractivity contribution in [3.05, 3.63) is 48.0 Å². The first-order valence-electron chi connectivity index (χ1n) is 6.84. The molecule has 1 N–H and O–H groups in total. The van der Waals surface area contributed by atoms with Crippen LogP contribution < -0.4 is 18.9 Å². The molecule has 0 saturated heterocycles. The van der Waals surface area contributed by atoms with Gasteiger partial charge < -0.3 is 14.2 Å². The van der Waals surface area contributed by atoms with Crippen LogP contribution in [0.25, 0.3) is 0 Å². The highest BCUT2D eigenvalue weighted by atomic mass is 32.2. The molecule has 2 rings (SSSR count). The van der Waals surface area contributed by atoms with Crippen LogP contribution in [0.1, 0.15) is 10.4 Å². The minimum atomic E-state index is -4.13. The van der Waals surface area contributed by atoms with Crippen LogP contribution in [0.5, 0.6) is 17.2 Å². The Morgan fingerprint density at radius 1 is 0.875 bits per heavy atom. The molecule has 0 bridgehead atoms. The van der Waals surface area contributed by atoms with E-state index in [4.69, 9.17) is 14.2 Å². The van der Waals surface area contributed by atoms with Crippen LogP contribution >= 0.6 is 0 Å². The Hall–Kier alpha value is -2.74. The number of sulfonamides is 1. The highest BCUT2D eigenvalue weighted by molar-refractivity contribution is 7.90. The van der Waals surface area contributed by atoms with Crippen LogP contribution in [0.2, 0.25) is 0 Å². The lowest BCUT2D eigenvalue weighted by Crippen LogP contribution is -2.30. The van der Waals surface area contributed by atoms with E-state index >= 15 is 0 Å². The lowest BCUT2D eigenvalue weighted by Gasteiger charge is -2.12. The smallest absolute Gasteiger partial charge is 0.268 e. The molecule has 0 aliphatic heterocycles. The number of methoxy groups -OCH3 is 3. The summed E-state index contributed by atoms with van der Waals surface area (Å²) in [5.41, 5.74) is 0.182. The number of amides is 1. The van der Waals surface area contributed by atoms with Crippen LogP contribution in [0.15, 0.2) is 47.4 Å². The van der Waals surface area contributed by atoms with Gasteiger partial charge in [0.25, 0.3) is 15.9 Å². The average Bonchev–Trinajstić information content (AvgIpc) is 2.60. The van der Waals surface area contributed by atoms with Gasteiger partial charge in [-0.05, 0) is 36.4 Å². The van der Waals surface area contributed by atoms with Gasteiger partial charge in [0.2, 0.25) is 0 Å². The summed E-state index contributed by atoms with van der Waals surface area (Å²) in [6.45, 7) is 0. The molecule has 0 heterocycles. The van der Waals surface area contributed by atoms with Gasteiger partial charge in [0.05, 0.1) is 21.3 Å². The van der Waals surface area contributed by atoms with Crippen molar-refractivity contribution in [2.75, 3.05) is 21.3 Å². The van der Waals surface area contributed by atoms with Gasteiger partial charge in [-0.1, -0.05) is 0 Å². The summed E-state index contributed by atoms with van der Waals surface area (Å²) in [6.07, 6.45) is 0. The van der Waals surface area contributed by atoms with Crippen LogP contribution in [0.3, 0.4) is 0 Å². The zero-order valence-electron chi connectivity index (χ0n) is 13.4. The molecular weight excluding hydrogens is 334 g/mol. The molecule has 0 saturated carbocycles. The fourth-order valence-electron chi connectivity index (χ4n) is 1.97. The van der Waals surface area contributed by atoms with Gasteiger partial charge in [0.1, 0.15) is 22.1 Å². The number of carbonyl (C=O) groups excluding carboxylic acids is 1. The maximum atomic E-state index is 12.5. The minimum absolute atomic E-state index is 0.103. The van der Waals surface area contributed by atoms with E-state index in [1.54, 1.807) is 18.2 Å². The lowest BCUT2D eigenvalue weighted by molar-refractivity contribution is 0.0981. The van der Waals surface area contributed by atoms with Crippen LogP contribution in [-0.2, 0) is 10.0 Å². The number of hydrogen-bond donors (Lipinski definition) is 1. The lowest BCUT2D eigenvalue weighted by atomic mass is 10.2. The van der Waals surface area contributed by atoms with Gasteiger partial charge in [0.15, 0.2) is 0 Å². The fraction of sp³-hybridized carbons (Fsp3) is 0.188. The van der Waals surface area contributed by atoms with E-state index in [9.17, 15) is 13.2 Å². The summed E-state index contributed by atoms with van der Waals surface area (Å²) >= 11 is 0. The summed E-state index contributed by atoms with van der Waals surface area (Å²) < 4.78 is 42.1. The van der Waals surface area contributed by atoms with E-state index in [1.807, 2.05) is 4.72 Å². The molecular formula is C16H17NO6S. The van der Waals surface area contributed by atoms with E-state index in [-0.39, 0.29) is 16.2 Å². The fourth-order valence-corrected chi connectivity index (χ4v) is 3.13. The van der Waals surface area contributed by atoms with Gasteiger partial charge >= 0.3 is 0 Å². The maximum absolute atomic E-state index is 12.5. The zero-order chi connectivity index (χ0) is 17.7. The first-order valence-corrected chi connectivity index (χ1v) is 8.33. The van der Waals surface area contributed by atoms with Gasteiger partial charge in [0, 0.05) is 11.6 Å². The normalized spacial score (nSPS) is 10.8. The molecule has 0 spiro atoms. The van der Waals surface area contributed by atoms with E-state index < -0.39 is 15.9 Å². The molecule has 0 aliphatic carbocycles. The molecule has 0 radical (unpaired) electrons. The third-order valence-corrected chi connectivity index (χ3v) is 4.59. The Bertz CT molecular complexity index is 830. The second-order valence-electron chi connectivity index (χ2n) is 4.68. The van der Waals surface area contributed by atoms with Gasteiger partial charge in [-0.2, -0.15) is 0 Å². The first kappa shape index (κ1) is 17.6. The number of benzene rings is 2. The van der Waals surface area contributed by atoms with Crippen molar-refractivity contribution in [3.8, 4) is 17.2 Å². The average molecular weight is 351 g/mol. The second kappa shape index (κ2) is 7.22. The standard InChI is InChI=1S/C16H17NO6S/c1-21-12-6-4-11(5-7-12)16(18)17-24(19,20)15-10-13(22-2)8-9-14(15)23-3/h4-10H,1-3H3,(H,17,18). The summed E-state index contributed by atoms with van der Waals surface area (Å²) in [7, 11) is 0.110. The van der Waals surface area contributed by atoms with Crippen LogP contribution in [-0.4, -0.2) is 35.7 Å². The number of carbonyl (C=O) groups is 1. The predicted octanol–water partition coefficient (Wildman–Crippen LogP) is 1.83. The largest absolute Gasteiger partial charge is 0.497 e. The third-order valence-electron chi connectivity index (χ3n) is 3.24. The molecule has 128 valence electrons. The Kier molecular flexibility index (Phi) is 5.30. The monoisotopic (exact) mass is 351 g/mol. The van der Waals surface area contributed by atoms with Crippen molar-refractivity contribution in [2.45, 2.75) is 4.90 Å². The summed E-state index contributed by atoms with van der Waals surface area (Å²) in [4.78, 5) is 12.0. The Morgan fingerprint density at radius 2 is 1.46 bits per heavy atom. The summed E-state index contributed by atoms with van der Waals surface area (Å²) in [5, 5.41) is 0. The molecule has 7 nitrogen and oxygen atoms in total. The molecule has 0 atom stereocenters. The number of nitrogens with one attached hydrogen (secondary N) is 1. The van der Waals surface area contributed by atoms with E-state index in [0.29, 0.717) is 11.5 Å². The molecule has 1 amide bonds. The van der Waals surface area contributed by atoms with Crippen molar-refractivity contribution in [1.82, 2.24) is 4.72 Å². The highest BCUT2D eigenvalue weighted by Gasteiger charge is 2.23. The summed E-state index contributed by atoms with van der Waals surface area (Å²) in [5.74, 6) is 0.227. The molecule has 0 aromatic heterocycles. The predicted molar refractivity (Wildman–Crippen MR) is 87.2 cm³/mol. The third kappa shape index (κ3) is 3.77. The van der Waals surface area contributed by atoms with Crippen molar-refractivity contribution in [2.24, 2.45) is 0 Å². The minimum Gasteiger partial charge on any atom is -0.497 e. The molecule has 0 aliphatic rings. The Morgan fingerprint density at radius 3 is 2.00 bits per heavy atom. The van der Waals surface area contributed by atoms with Crippen molar-refractivity contribution in [3.63, 3.8) is 0 Å². The second-order valence-corrected chi connectivity index (χ2v) is 6.33. The SMILES string of the molecule is COc1ccc(C(=O)NS(=O)(=O)c2cc(OC)ccc2OC)cc1. The molecule has 2 aromatic rings. The van der Waals surface area contributed by atoms with Gasteiger partial charge in [-0.3, -0.25) is 4.79 Å². The van der Waals surface area contributed by atoms with Crippen molar-refractivity contribution in [1.29, 1.82) is 0 Å². The molecule has 8 heteroatoms. The zero-order valence-corrected chi connectivity index (χ0v) is 14.2. The first-order chi connectivity index (χ1) is 11.4.